The molecule has 0 radical (unpaired) electrons. The summed E-state index contributed by atoms with van der Waals surface area (Å²) in [5.74, 6) is 0. The second-order valence-corrected chi connectivity index (χ2v) is 17.3. The molecule has 0 spiro atoms. The summed E-state index contributed by atoms with van der Waals surface area (Å²) < 4.78 is 17.3. The predicted octanol–water partition coefficient (Wildman–Crippen LogP) is 11.4. The van der Waals surface area contributed by atoms with Gasteiger partial charge in [-0.05, 0) is 68.9 Å². The number of rotatable bonds is 6. The molecule has 0 saturated carbocycles. The third kappa shape index (κ3) is 5.18. The number of nitrogens with zero attached hydrogens (tertiary/aromatic N) is 3. The summed E-state index contributed by atoms with van der Waals surface area (Å²) in [7, 11) is -3.17. The topological polar surface area (TPSA) is 47.3 Å². The maximum Gasteiger partial charge on any atom is 0.188 e. The zero-order valence-corrected chi connectivity index (χ0v) is 31.3. The van der Waals surface area contributed by atoms with E-state index in [4.69, 9.17) is 9.97 Å². The second-order valence-electron chi connectivity index (χ2n) is 14.6. The van der Waals surface area contributed by atoms with E-state index in [-0.39, 0.29) is 0 Å². The third-order valence-corrected chi connectivity index (χ3v) is 14.2. The van der Waals surface area contributed by atoms with E-state index in [0.29, 0.717) is 5.44 Å². The number of imidazole rings is 1. The summed E-state index contributed by atoms with van der Waals surface area (Å²) in [6.45, 7) is 0. The van der Waals surface area contributed by atoms with E-state index in [0.717, 1.165) is 66.5 Å². The van der Waals surface area contributed by atoms with E-state index in [1.54, 1.807) is 0 Å². The molecule has 0 saturated heterocycles. The van der Waals surface area contributed by atoms with Crippen LogP contribution < -0.4 is 16.0 Å². The van der Waals surface area contributed by atoms with E-state index in [1.165, 1.54) is 32.7 Å². The zero-order chi connectivity index (χ0) is 37.2. The zero-order valence-electron chi connectivity index (χ0n) is 30.4. The monoisotopic (exact) mass is 735 g/mol. The molecule has 0 aliphatic rings. The van der Waals surface area contributed by atoms with Gasteiger partial charge in [0.1, 0.15) is 11.1 Å². The number of benzene rings is 8. The molecule has 4 nitrogen and oxygen atoms in total. The van der Waals surface area contributed by atoms with Crippen LogP contribution in [0.5, 0.6) is 0 Å². The minimum absolute atomic E-state index is 0.576. The lowest BCUT2D eigenvalue weighted by Gasteiger charge is -2.19. The van der Waals surface area contributed by atoms with Crippen LogP contribution in [0.25, 0.3) is 71.0 Å². The van der Waals surface area contributed by atoms with Gasteiger partial charge in [0.2, 0.25) is 0 Å². The molecule has 56 heavy (non-hydrogen) atoms. The van der Waals surface area contributed by atoms with E-state index in [2.05, 4.69) is 126 Å². The van der Waals surface area contributed by atoms with Gasteiger partial charge in [-0.3, -0.25) is 9.38 Å². The van der Waals surface area contributed by atoms with Gasteiger partial charge in [-0.1, -0.05) is 164 Å². The molecular weight excluding hydrogens is 702 g/mol. The van der Waals surface area contributed by atoms with Crippen LogP contribution in [0.4, 0.5) is 0 Å². The fraction of sp³-hybridized carbons (Fsp3) is 0.0196. The Morgan fingerprint density at radius 1 is 0.482 bits per heavy atom. The lowest BCUT2D eigenvalue weighted by atomic mass is 9.98. The van der Waals surface area contributed by atoms with Crippen LogP contribution in [-0.2, 0) is 11.0 Å². The molecule has 0 aliphatic carbocycles. The maximum absolute atomic E-state index is 14.9. The van der Waals surface area contributed by atoms with Crippen LogP contribution in [0.3, 0.4) is 0 Å². The van der Waals surface area contributed by atoms with Gasteiger partial charge in [0.25, 0.3) is 0 Å². The van der Waals surface area contributed by atoms with Gasteiger partial charge in [-0.25, -0.2) is 4.98 Å². The lowest BCUT2D eigenvalue weighted by Crippen LogP contribution is -2.26. The Hall–Kier alpha value is -6.87. The molecule has 5 heteroatoms. The number of aromatic nitrogens is 3. The van der Waals surface area contributed by atoms with Gasteiger partial charge in [0.15, 0.2) is 7.14 Å². The number of pyridine rings is 2. The first-order valence-corrected chi connectivity index (χ1v) is 20.7. The van der Waals surface area contributed by atoms with Gasteiger partial charge in [0.05, 0.1) is 16.6 Å². The van der Waals surface area contributed by atoms with Gasteiger partial charge in [-0.2, -0.15) is 0 Å². The summed E-state index contributed by atoms with van der Waals surface area (Å²) in [6.07, 6.45) is 2.70. The molecule has 0 unspecified atom stereocenters. The maximum atomic E-state index is 14.9. The van der Waals surface area contributed by atoms with Crippen molar-refractivity contribution in [1.82, 2.24) is 14.4 Å². The van der Waals surface area contributed by atoms with Crippen molar-refractivity contribution in [3.8, 4) is 11.1 Å². The van der Waals surface area contributed by atoms with Crippen molar-refractivity contribution in [3.63, 3.8) is 0 Å². The van der Waals surface area contributed by atoms with Crippen LogP contribution >= 0.6 is 7.14 Å². The molecule has 11 rings (SSSR count). The van der Waals surface area contributed by atoms with Crippen LogP contribution in [0.15, 0.2) is 194 Å². The number of hydrogen-bond donors (Lipinski definition) is 0. The first-order valence-electron chi connectivity index (χ1n) is 19.0. The lowest BCUT2D eigenvalue weighted by molar-refractivity contribution is 0.592. The normalized spacial score (nSPS) is 12.1. The molecule has 8 aromatic carbocycles. The van der Waals surface area contributed by atoms with Crippen molar-refractivity contribution in [2.75, 3.05) is 0 Å². The number of hydrogen-bond acceptors (Lipinski definition) is 3. The highest BCUT2D eigenvalue weighted by molar-refractivity contribution is 7.85. The van der Waals surface area contributed by atoms with Crippen molar-refractivity contribution in [3.05, 3.63) is 205 Å². The van der Waals surface area contributed by atoms with E-state index in [9.17, 15) is 4.57 Å². The molecule has 0 bridgehead atoms. The predicted molar refractivity (Wildman–Crippen MR) is 235 cm³/mol. The fourth-order valence-electron chi connectivity index (χ4n) is 8.52. The molecular formula is C51H34N3OP. The average molecular weight is 736 g/mol. The van der Waals surface area contributed by atoms with E-state index >= 15 is 0 Å². The molecule has 11 aromatic rings. The van der Waals surface area contributed by atoms with Crippen LogP contribution in [0.2, 0.25) is 0 Å². The first-order chi connectivity index (χ1) is 27.6. The standard InChI is InChI=1S/C51H34N3OP/c55-56(41-13-3-1-4-14-41,42-15-5-2-6-16-42)49-28-24-40(33-52-49)38-22-25-43-39(32-38)23-26-45-44-17-9-10-18-46(44)51-53-47-27-20-35(31-48(47)54(51)50(43)45)29-34-19-21-36-11-7-8-12-37(36)30-34/h1-28,30-33H,29H2. The first kappa shape index (κ1) is 32.6. The minimum Gasteiger partial charge on any atom is -0.307 e. The van der Waals surface area contributed by atoms with Gasteiger partial charge < -0.3 is 4.57 Å². The Labute approximate surface area is 323 Å². The highest BCUT2D eigenvalue weighted by atomic mass is 31.2. The summed E-state index contributed by atoms with van der Waals surface area (Å²) in [6, 6.07) is 65.1. The smallest absolute Gasteiger partial charge is 0.188 e. The molecule has 0 atom stereocenters. The minimum atomic E-state index is -3.17. The Bertz CT molecular complexity index is 3310. The van der Waals surface area contributed by atoms with Gasteiger partial charge in [-0.15, -0.1) is 0 Å². The Kier molecular flexibility index (Phi) is 7.48. The van der Waals surface area contributed by atoms with E-state index < -0.39 is 7.14 Å². The van der Waals surface area contributed by atoms with Gasteiger partial charge >= 0.3 is 0 Å². The SMILES string of the molecule is O=P(c1ccccc1)(c1ccccc1)c1ccc(-c2ccc3c(ccc4c5ccccc5c5nc6ccc(Cc7ccc8ccccc8c7)cc6n5c34)c2)cn1. The van der Waals surface area contributed by atoms with Gasteiger partial charge in [0, 0.05) is 38.5 Å². The molecule has 0 aliphatic heterocycles. The Morgan fingerprint density at radius 3 is 1.89 bits per heavy atom. The second kappa shape index (κ2) is 12.9. The summed E-state index contributed by atoms with van der Waals surface area (Å²) >= 11 is 0. The van der Waals surface area contributed by atoms with Crippen LogP contribution in [0.1, 0.15) is 11.1 Å². The summed E-state index contributed by atoms with van der Waals surface area (Å²) in [4.78, 5) is 10.1. The highest BCUT2D eigenvalue weighted by Crippen LogP contribution is 2.42. The summed E-state index contributed by atoms with van der Waals surface area (Å²) in [5.41, 5.74) is 9.33. The quantitative estimate of drug-likeness (QED) is 0.126. The molecule has 0 fully saturated rings. The van der Waals surface area contributed by atoms with Crippen molar-refractivity contribution in [2.45, 2.75) is 6.42 Å². The van der Waals surface area contributed by atoms with Crippen molar-refractivity contribution in [1.29, 1.82) is 0 Å². The highest BCUT2D eigenvalue weighted by Gasteiger charge is 2.31. The number of fused-ring (bicyclic) bond motifs is 11. The van der Waals surface area contributed by atoms with Crippen LogP contribution in [0, 0.1) is 0 Å². The average Bonchev–Trinajstić information content (AvgIpc) is 3.65. The molecule has 264 valence electrons. The molecule has 0 amide bonds. The molecule has 0 N–H and O–H groups in total. The largest absolute Gasteiger partial charge is 0.307 e. The van der Waals surface area contributed by atoms with Crippen LogP contribution in [-0.4, -0.2) is 14.4 Å². The Morgan fingerprint density at radius 2 is 1.12 bits per heavy atom. The molecule has 3 aromatic heterocycles. The van der Waals surface area contributed by atoms with Crippen molar-refractivity contribution >= 4 is 83.1 Å². The summed E-state index contributed by atoms with van der Waals surface area (Å²) in [5, 5.41) is 9.86. The third-order valence-electron chi connectivity index (χ3n) is 11.3. The van der Waals surface area contributed by atoms with Crippen molar-refractivity contribution in [2.24, 2.45) is 0 Å². The molecule has 3 heterocycles. The fourth-order valence-corrected chi connectivity index (χ4v) is 11.0. The van der Waals surface area contributed by atoms with Crippen molar-refractivity contribution < 1.29 is 4.57 Å². The van der Waals surface area contributed by atoms with E-state index in [1.807, 2.05) is 72.9 Å². The Balaban J connectivity index is 1.05.